The molecule has 4 heteroatoms. The fourth-order valence-electron chi connectivity index (χ4n) is 2.62. The number of hydrogen-bond donors (Lipinski definition) is 2. The van der Waals surface area contributed by atoms with Crippen LogP contribution in [0.4, 0.5) is 0 Å². The van der Waals surface area contributed by atoms with Crippen LogP contribution in [0.5, 0.6) is 11.5 Å². The van der Waals surface area contributed by atoms with E-state index in [0.717, 1.165) is 12.3 Å². The minimum atomic E-state index is -0.143. The number of ether oxygens (including phenoxy) is 1. The number of amides is 1. The molecular weight excluding hydrogens is 242 g/mol. The average molecular weight is 263 g/mol. The lowest BCUT2D eigenvalue weighted by Crippen LogP contribution is -2.25. The van der Waals surface area contributed by atoms with Gasteiger partial charge >= 0.3 is 0 Å². The average Bonchev–Trinajstić information content (AvgIpc) is 2.91. The van der Waals surface area contributed by atoms with Crippen molar-refractivity contribution in [3.8, 4) is 11.5 Å². The van der Waals surface area contributed by atoms with E-state index < -0.39 is 0 Å². The maximum absolute atomic E-state index is 11.9. The van der Waals surface area contributed by atoms with Crippen LogP contribution in [-0.4, -0.2) is 24.7 Å². The van der Waals surface area contributed by atoms with Crippen LogP contribution >= 0.6 is 0 Å². The van der Waals surface area contributed by atoms with Gasteiger partial charge in [0, 0.05) is 12.1 Å². The smallest absolute Gasteiger partial charge is 0.251 e. The number of carbonyl (C=O) groups excluding carboxylic acids is 1. The van der Waals surface area contributed by atoms with E-state index in [1.807, 2.05) is 0 Å². The second kappa shape index (κ2) is 6.45. The van der Waals surface area contributed by atoms with Crippen molar-refractivity contribution in [1.29, 1.82) is 0 Å². The van der Waals surface area contributed by atoms with Crippen LogP contribution in [0, 0.1) is 5.92 Å². The van der Waals surface area contributed by atoms with Gasteiger partial charge in [0.15, 0.2) is 11.5 Å². The van der Waals surface area contributed by atoms with E-state index in [9.17, 15) is 9.90 Å². The van der Waals surface area contributed by atoms with Crippen LogP contribution < -0.4 is 10.1 Å². The zero-order chi connectivity index (χ0) is 13.7. The summed E-state index contributed by atoms with van der Waals surface area (Å²) in [6, 6.07) is 4.69. The molecule has 2 rings (SSSR count). The number of carbonyl (C=O) groups is 1. The second-order valence-electron chi connectivity index (χ2n) is 5.08. The zero-order valence-electron chi connectivity index (χ0n) is 11.3. The van der Waals surface area contributed by atoms with Crippen LogP contribution in [-0.2, 0) is 0 Å². The van der Waals surface area contributed by atoms with Crippen LogP contribution in [0.25, 0.3) is 0 Å². The Morgan fingerprint density at radius 2 is 2.16 bits per heavy atom. The van der Waals surface area contributed by atoms with Crippen molar-refractivity contribution >= 4 is 5.91 Å². The Labute approximate surface area is 113 Å². The summed E-state index contributed by atoms with van der Waals surface area (Å²) in [5.74, 6) is 0.994. The van der Waals surface area contributed by atoms with Gasteiger partial charge in [0.25, 0.3) is 5.91 Å². The summed E-state index contributed by atoms with van der Waals surface area (Å²) in [5.41, 5.74) is 0.463. The third-order valence-corrected chi connectivity index (χ3v) is 3.75. The lowest BCUT2D eigenvalue weighted by molar-refractivity contribution is 0.0951. The molecule has 2 N–H and O–H groups in total. The van der Waals surface area contributed by atoms with Gasteiger partial charge in [-0.1, -0.05) is 25.7 Å². The highest BCUT2D eigenvalue weighted by atomic mass is 16.5. The molecule has 0 aromatic heterocycles. The molecule has 0 aliphatic heterocycles. The molecule has 1 aliphatic carbocycles. The van der Waals surface area contributed by atoms with Gasteiger partial charge in [-0.15, -0.1) is 0 Å². The van der Waals surface area contributed by atoms with Gasteiger partial charge in [-0.25, -0.2) is 0 Å². The fourth-order valence-corrected chi connectivity index (χ4v) is 2.62. The molecule has 0 saturated heterocycles. The number of phenolic OH excluding ortho intramolecular Hbond substituents is 1. The first-order chi connectivity index (χ1) is 9.20. The van der Waals surface area contributed by atoms with Crippen molar-refractivity contribution in [2.75, 3.05) is 13.7 Å². The highest BCUT2D eigenvalue weighted by molar-refractivity contribution is 5.94. The molecule has 1 aromatic rings. The first-order valence-corrected chi connectivity index (χ1v) is 6.86. The zero-order valence-corrected chi connectivity index (χ0v) is 11.3. The predicted molar refractivity (Wildman–Crippen MR) is 73.6 cm³/mol. The lowest BCUT2D eigenvalue weighted by Gasteiger charge is -2.10. The van der Waals surface area contributed by atoms with E-state index in [0.29, 0.717) is 17.9 Å². The largest absolute Gasteiger partial charge is 0.504 e. The van der Waals surface area contributed by atoms with Gasteiger partial charge in [0.2, 0.25) is 0 Å². The molecule has 1 aromatic carbocycles. The number of phenols is 1. The number of hydrogen-bond acceptors (Lipinski definition) is 3. The fraction of sp³-hybridized carbons (Fsp3) is 0.533. The first kappa shape index (κ1) is 13.7. The Balaban J connectivity index is 1.83. The molecule has 0 unspecified atom stereocenters. The predicted octanol–water partition coefficient (Wildman–Crippen LogP) is 2.71. The molecule has 0 bridgehead atoms. The number of nitrogens with one attached hydrogen (secondary N) is 1. The van der Waals surface area contributed by atoms with Crippen LogP contribution in [0.1, 0.15) is 42.5 Å². The molecule has 104 valence electrons. The molecule has 0 spiro atoms. The van der Waals surface area contributed by atoms with Gasteiger partial charge in [-0.05, 0) is 30.5 Å². The van der Waals surface area contributed by atoms with Crippen molar-refractivity contribution in [2.24, 2.45) is 5.92 Å². The molecule has 19 heavy (non-hydrogen) atoms. The summed E-state index contributed by atoms with van der Waals surface area (Å²) in [7, 11) is 1.48. The molecule has 0 atom stereocenters. The minimum Gasteiger partial charge on any atom is -0.504 e. The normalized spacial score (nSPS) is 15.4. The SMILES string of the molecule is COc1ccc(C(=O)NCCC2CCCC2)cc1O. The van der Waals surface area contributed by atoms with E-state index in [1.165, 1.54) is 38.9 Å². The molecule has 1 saturated carbocycles. The van der Waals surface area contributed by atoms with Gasteiger partial charge in [-0.2, -0.15) is 0 Å². The molecule has 1 aliphatic rings. The maximum Gasteiger partial charge on any atom is 0.251 e. The summed E-state index contributed by atoms with van der Waals surface area (Å²) in [6.07, 6.45) is 6.28. The standard InChI is InChI=1S/C15H21NO3/c1-19-14-7-6-12(10-13(14)17)15(18)16-9-8-11-4-2-3-5-11/h6-7,10-11,17H,2-5,8-9H2,1H3,(H,16,18). The second-order valence-corrected chi connectivity index (χ2v) is 5.08. The summed E-state index contributed by atoms with van der Waals surface area (Å²) in [4.78, 5) is 11.9. The maximum atomic E-state index is 11.9. The number of methoxy groups -OCH3 is 1. The van der Waals surface area contributed by atoms with Crippen molar-refractivity contribution < 1.29 is 14.6 Å². The lowest BCUT2D eigenvalue weighted by atomic mass is 10.0. The number of rotatable bonds is 5. The van der Waals surface area contributed by atoms with Crippen molar-refractivity contribution in [2.45, 2.75) is 32.1 Å². The van der Waals surface area contributed by atoms with E-state index in [2.05, 4.69) is 5.32 Å². The molecule has 0 heterocycles. The third-order valence-electron chi connectivity index (χ3n) is 3.75. The molecule has 4 nitrogen and oxygen atoms in total. The van der Waals surface area contributed by atoms with Crippen molar-refractivity contribution in [3.63, 3.8) is 0 Å². The number of aromatic hydroxyl groups is 1. The van der Waals surface area contributed by atoms with Crippen molar-refractivity contribution in [1.82, 2.24) is 5.32 Å². The molecule has 0 radical (unpaired) electrons. The molecular formula is C15H21NO3. The van der Waals surface area contributed by atoms with Gasteiger partial charge in [0.1, 0.15) is 0 Å². The summed E-state index contributed by atoms with van der Waals surface area (Å²) in [5, 5.41) is 12.5. The Morgan fingerprint density at radius 1 is 1.42 bits per heavy atom. The Bertz CT molecular complexity index is 439. The van der Waals surface area contributed by atoms with Crippen LogP contribution in [0.3, 0.4) is 0 Å². The minimum absolute atomic E-state index is 0.00839. The summed E-state index contributed by atoms with van der Waals surface area (Å²) >= 11 is 0. The Morgan fingerprint density at radius 3 is 2.79 bits per heavy atom. The highest BCUT2D eigenvalue weighted by Gasteiger charge is 2.15. The van der Waals surface area contributed by atoms with Gasteiger partial charge < -0.3 is 15.2 Å². The van der Waals surface area contributed by atoms with Gasteiger partial charge in [0.05, 0.1) is 7.11 Å². The van der Waals surface area contributed by atoms with Gasteiger partial charge in [-0.3, -0.25) is 4.79 Å². The summed E-state index contributed by atoms with van der Waals surface area (Å²) in [6.45, 7) is 0.705. The molecule has 1 fully saturated rings. The third kappa shape index (κ3) is 3.63. The van der Waals surface area contributed by atoms with Crippen LogP contribution in [0.15, 0.2) is 18.2 Å². The Hall–Kier alpha value is -1.71. The highest BCUT2D eigenvalue weighted by Crippen LogP contribution is 2.27. The topological polar surface area (TPSA) is 58.6 Å². The van der Waals surface area contributed by atoms with E-state index in [1.54, 1.807) is 12.1 Å². The van der Waals surface area contributed by atoms with Crippen molar-refractivity contribution in [3.05, 3.63) is 23.8 Å². The van der Waals surface area contributed by atoms with E-state index >= 15 is 0 Å². The quantitative estimate of drug-likeness (QED) is 0.858. The summed E-state index contributed by atoms with van der Waals surface area (Å²) < 4.78 is 4.95. The van der Waals surface area contributed by atoms with E-state index in [-0.39, 0.29) is 11.7 Å². The molecule has 1 amide bonds. The Kier molecular flexibility index (Phi) is 4.66. The van der Waals surface area contributed by atoms with Crippen LogP contribution in [0.2, 0.25) is 0 Å². The van der Waals surface area contributed by atoms with E-state index in [4.69, 9.17) is 4.74 Å². The first-order valence-electron chi connectivity index (χ1n) is 6.86. The monoisotopic (exact) mass is 263 g/mol. The number of benzene rings is 1.